The van der Waals surface area contributed by atoms with Gasteiger partial charge < -0.3 is 19.9 Å². The summed E-state index contributed by atoms with van der Waals surface area (Å²) in [6.45, 7) is 0. The minimum absolute atomic E-state index is 0.0379. The molecule has 0 aliphatic heterocycles. The van der Waals surface area contributed by atoms with E-state index in [2.05, 4.69) is 31.8 Å². The van der Waals surface area contributed by atoms with Crippen molar-refractivity contribution in [2.24, 2.45) is 5.10 Å². The van der Waals surface area contributed by atoms with Gasteiger partial charge in [0.15, 0.2) is 16.6 Å². The highest BCUT2D eigenvalue weighted by atomic mass is 79.9. The second-order valence-electron chi connectivity index (χ2n) is 4.58. The van der Waals surface area contributed by atoms with E-state index in [9.17, 15) is 5.11 Å². The van der Waals surface area contributed by atoms with Crippen molar-refractivity contribution in [3.8, 4) is 17.2 Å². The van der Waals surface area contributed by atoms with E-state index in [1.807, 2.05) is 24.3 Å². The first-order valence-corrected chi connectivity index (χ1v) is 8.05. The summed E-state index contributed by atoms with van der Waals surface area (Å²) < 4.78 is 10.8. The fourth-order valence-corrected chi connectivity index (χ4v) is 2.51. The van der Waals surface area contributed by atoms with Gasteiger partial charge >= 0.3 is 0 Å². The molecule has 0 unspecified atom stereocenters. The lowest BCUT2D eigenvalue weighted by Gasteiger charge is -2.11. The standard InChI is InChI=1S/C16H16BrN3O3S/c1-22-13-6-4-3-5-12(13)19-16(24)20-18-9-10-7-11(17)15(21)14(8-10)23-2/h3-9,21H,1-2H3,(H2,19,20,24)/b18-9+. The summed E-state index contributed by atoms with van der Waals surface area (Å²) in [5, 5.41) is 17.2. The van der Waals surface area contributed by atoms with E-state index in [4.69, 9.17) is 21.7 Å². The molecule has 0 aliphatic rings. The van der Waals surface area contributed by atoms with Crippen LogP contribution in [0.15, 0.2) is 46.0 Å². The van der Waals surface area contributed by atoms with Crippen molar-refractivity contribution < 1.29 is 14.6 Å². The highest BCUT2D eigenvalue weighted by Gasteiger charge is 2.07. The Kier molecular flexibility index (Phi) is 6.39. The number of phenolic OH excluding ortho intramolecular Hbond substituents is 1. The van der Waals surface area contributed by atoms with Crippen LogP contribution in [0.5, 0.6) is 17.2 Å². The number of hydrogen-bond donors (Lipinski definition) is 3. The van der Waals surface area contributed by atoms with Crippen molar-refractivity contribution >= 4 is 45.2 Å². The maximum atomic E-state index is 9.77. The fourth-order valence-electron chi connectivity index (χ4n) is 1.89. The first-order valence-electron chi connectivity index (χ1n) is 6.84. The van der Waals surface area contributed by atoms with Gasteiger partial charge in [0.2, 0.25) is 0 Å². The monoisotopic (exact) mass is 409 g/mol. The fraction of sp³-hybridized carbons (Fsp3) is 0.125. The number of halogens is 1. The Balaban J connectivity index is 2.01. The van der Waals surface area contributed by atoms with Crippen LogP contribution in [0.1, 0.15) is 5.56 Å². The number of nitrogens with one attached hydrogen (secondary N) is 2. The third-order valence-electron chi connectivity index (χ3n) is 3.01. The molecule has 2 aromatic rings. The van der Waals surface area contributed by atoms with Crippen LogP contribution in [-0.4, -0.2) is 30.7 Å². The van der Waals surface area contributed by atoms with E-state index in [1.165, 1.54) is 7.11 Å². The molecule has 0 aliphatic carbocycles. The number of rotatable bonds is 5. The minimum atomic E-state index is 0.0379. The van der Waals surface area contributed by atoms with Crippen LogP contribution < -0.4 is 20.2 Å². The molecular formula is C16H16BrN3O3S. The maximum Gasteiger partial charge on any atom is 0.191 e. The molecule has 0 bridgehead atoms. The van der Waals surface area contributed by atoms with E-state index < -0.39 is 0 Å². The topological polar surface area (TPSA) is 75.1 Å². The summed E-state index contributed by atoms with van der Waals surface area (Å²) in [5.41, 5.74) is 4.18. The number of hydrogen-bond acceptors (Lipinski definition) is 5. The molecule has 24 heavy (non-hydrogen) atoms. The first-order chi connectivity index (χ1) is 11.5. The number of aromatic hydroxyl groups is 1. The summed E-state index contributed by atoms with van der Waals surface area (Å²) in [6, 6.07) is 10.8. The number of hydrazone groups is 1. The van der Waals surface area contributed by atoms with Crippen LogP contribution >= 0.6 is 28.1 Å². The second-order valence-corrected chi connectivity index (χ2v) is 5.84. The van der Waals surface area contributed by atoms with Gasteiger partial charge in [0.25, 0.3) is 0 Å². The van der Waals surface area contributed by atoms with Gasteiger partial charge in [-0.2, -0.15) is 5.10 Å². The Morgan fingerprint density at radius 1 is 1.21 bits per heavy atom. The molecule has 6 nitrogen and oxygen atoms in total. The minimum Gasteiger partial charge on any atom is -0.503 e. The molecule has 126 valence electrons. The van der Waals surface area contributed by atoms with Crippen molar-refractivity contribution in [1.82, 2.24) is 5.43 Å². The third-order valence-corrected chi connectivity index (χ3v) is 3.80. The molecule has 3 N–H and O–H groups in total. The second kappa shape index (κ2) is 8.51. The predicted octanol–water partition coefficient (Wildman–Crippen LogP) is 3.49. The lowest BCUT2D eigenvalue weighted by molar-refractivity contribution is 0.372. The number of anilines is 1. The normalized spacial score (nSPS) is 10.5. The average Bonchev–Trinajstić information content (AvgIpc) is 2.58. The van der Waals surface area contributed by atoms with E-state index in [1.54, 1.807) is 25.5 Å². The Bertz CT molecular complexity index is 768. The molecule has 0 radical (unpaired) electrons. The van der Waals surface area contributed by atoms with Crippen LogP contribution in [0.25, 0.3) is 0 Å². The summed E-state index contributed by atoms with van der Waals surface area (Å²) in [7, 11) is 3.07. The Morgan fingerprint density at radius 3 is 2.62 bits per heavy atom. The zero-order valence-corrected chi connectivity index (χ0v) is 15.4. The van der Waals surface area contributed by atoms with Gasteiger partial charge in [0.1, 0.15) is 5.75 Å². The SMILES string of the molecule is COc1ccccc1NC(=S)N/N=C/c1cc(Br)c(O)c(OC)c1. The Morgan fingerprint density at radius 2 is 1.92 bits per heavy atom. The molecule has 8 heteroatoms. The van der Waals surface area contributed by atoms with Gasteiger partial charge in [0, 0.05) is 0 Å². The molecule has 0 amide bonds. The highest BCUT2D eigenvalue weighted by Crippen LogP contribution is 2.34. The van der Waals surface area contributed by atoms with Crippen molar-refractivity contribution in [3.05, 3.63) is 46.4 Å². The molecular weight excluding hydrogens is 394 g/mol. The smallest absolute Gasteiger partial charge is 0.191 e. The van der Waals surface area contributed by atoms with E-state index in [0.29, 0.717) is 21.1 Å². The lowest BCUT2D eigenvalue weighted by atomic mass is 10.2. The van der Waals surface area contributed by atoms with Crippen molar-refractivity contribution in [1.29, 1.82) is 0 Å². The summed E-state index contributed by atoms with van der Waals surface area (Å²) in [5.74, 6) is 1.06. The van der Waals surface area contributed by atoms with E-state index in [-0.39, 0.29) is 5.75 Å². The number of para-hydroxylation sites is 2. The van der Waals surface area contributed by atoms with Gasteiger partial charge in [-0.3, -0.25) is 5.43 Å². The number of benzene rings is 2. The number of phenols is 1. The van der Waals surface area contributed by atoms with E-state index >= 15 is 0 Å². The van der Waals surface area contributed by atoms with Crippen molar-refractivity contribution in [3.63, 3.8) is 0 Å². The van der Waals surface area contributed by atoms with Crippen LogP contribution in [-0.2, 0) is 0 Å². The van der Waals surface area contributed by atoms with Crippen molar-refractivity contribution in [2.45, 2.75) is 0 Å². The molecule has 2 aromatic carbocycles. The number of ether oxygens (including phenoxy) is 2. The summed E-state index contributed by atoms with van der Waals surface area (Å²) in [6.07, 6.45) is 1.56. The van der Waals surface area contributed by atoms with Crippen LogP contribution in [0.4, 0.5) is 5.69 Å². The molecule has 0 heterocycles. The maximum absolute atomic E-state index is 9.77. The van der Waals surface area contributed by atoms with Crippen LogP contribution in [0.2, 0.25) is 0 Å². The third kappa shape index (κ3) is 4.59. The van der Waals surface area contributed by atoms with Crippen LogP contribution in [0.3, 0.4) is 0 Å². The molecule has 0 fully saturated rings. The first kappa shape index (κ1) is 18.0. The molecule has 0 atom stereocenters. The number of nitrogens with zero attached hydrogens (tertiary/aromatic N) is 1. The Hall–Kier alpha value is -2.32. The molecule has 2 rings (SSSR count). The zero-order chi connectivity index (χ0) is 17.5. The summed E-state index contributed by atoms with van der Waals surface area (Å²) in [4.78, 5) is 0. The largest absolute Gasteiger partial charge is 0.503 e. The predicted molar refractivity (Wildman–Crippen MR) is 102 cm³/mol. The van der Waals surface area contributed by atoms with Gasteiger partial charge in [-0.05, 0) is 58.0 Å². The number of thiocarbonyl (C=S) groups is 1. The van der Waals surface area contributed by atoms with Crippen LogP contribution in [0, 0.1) is 0 Å². The van der Waals surface area contributed by atoms with Gasteiger partial charge in [0.05, 0.1) is 30.6 Å². The molecule has 0 saturated heterocycles. The quantitative estimate of drug-likeness (QED) is 0.398. The van der Waals surface area contributed by atoms with Crippen molar-refractivity contribution in [2.75, 3.05) is 19.5 Å². The van der Waals surface area contributed by atoms with Gasteiger partial charge in [-0.1, -0.05) is 12.1 Å². The molecule has 0 spiro atoms. The molecule has 0 saturated carbocycles. The summed E-state index contributed by atoms with van der Waals surface area (Å²) >= 11 is 8.44. The van der Waals surface area contributed by atoms with Gasteiger partial charge in [-0.15, -0.1) is 0 Å². The number of methoxy groups -OCH3 is 2. The van der Waals surface area contributed by atoms with Gasteiger partial charge in [-0.25, -0.2) is 0 Å². The lowest BCUT2D eigenvalue weighted by Crippen LogP contribution is -2.24. The Labute approximate surface area is 153 Å². The molecule has 0 aromatic heterocycles. The zero-order valence-electron chi connectivity index (χ0n) is 13.0. The van der Waals surface area contributed by atoms with E-state index in [0.717, 1.165) is 11.3 Å². The average molecular weight is 410 g/mol. The highest BCUT2D eigenvalue weighted by molar-refractivity contribution is 9.10.